The van der Waals surface area contributed by atoms with Crippen LogP contribution in [-0.2, 0) is 29.2 Å². The average molecular weight is 590 g/mol. The van der Waals surface area contributed by atoms with Crippen molar-refractivity contribution in [2.75, 3.05) is 12.3 Å². The van der Waals surface area contributed by atoms with Crippen LogP contribution in [0.1, 0.15) is 46.6 Å². The van der Waals surface area contributed by atoms with Crippen molar-refractivity contribution >= 4 is 48.8 Å². The highest BCUT2D eigenvalue weighted by Crippen LogP contribution is 2.38. The largest absolute Gasteiger partial charge is 0.444 e. The SMILES string of the molecule is CC(C)(C)OC(=O)N[C@H](C(=O)N1C[C@@H](F)C[C@H]1C#N)C(C)(C)S(=O)(=O)CC1=CS(=O)(=O)c2ccc(Cl)cc21. The predicted octanol–water partition coefficient (Wildman–Crippen LogP) is 3.02. The van der Waals surface area contributed by atoms with Crippen LogP contribution in [-0.4, -0.2) is 74.6 Å². The van der Waals surface area contributed by atoms with E-state index in [1.807, 2.05) is 6.07 Å². The van der Waals surface area contributed by atoms with Gasteiger partial charge in [0.05, 0.1) is 28.0 Å². The van der Waals surface area contributed by atoms with E-state index in [9.17, 15) is 36.1 Å². The number of alkyl carbamates (subject to hydrolysis) is 1. The van der Waals surface area contributed by atoms with Gasteiger partial charge >= 0.3 is 6.09 Å². The van der Waals surface area contributed by atoms with Crippen LogP contribution in [0.3, 0.4) is 0 Å². The minimum atomic E-state index is -4.42. The highest BCUT2D eigenvalue weighted by atomic mass is 35.5. The fourth-order valence-electron chi connectivity index (χ4n) is 4.27. The molecule has 0 spiro atoms. The van der Waals surface area contributed by atoms with Gasteiger partial charge in [0.1, 0.15) is 23.9 Å². The summed E-state index contributed by atoms with van der Waals surface area (Å²) in [7, 11) is -8.34. The van der Waals surface area contributed by atoms with Crippen molar-refractivity contribution in [1.82, 2.24) is 10.2 Å². The number of alkyl halides is 1. The van der Waals surface area contributed by atoms with Crippen LogP contribution in [0.2, 0.25) is 5.02 Å². The summed E-state index contributed by atoms with van der Waals surface area (Å²) in [6.45, 7) is 6.64. The number of carbonyl (C=O) groups is 2. The number of benzene rings is 1. The van der Waals surface area contributed by atoms with Gasteiger partial charge in [0.25, 0.3) is 0 Å². The van der Waals surface area contributed by atoms with E-state index in [0.717, 1.165) is 10.3 Å². The maximum atomic E-state index is 14.1. The molecule has 0 bridgehead atoms. The van der Waals surface area contributed by atoms with Crippen LogP contribution in [0.15, 0.2) is 28.5 Å². The second kappa shape index (κ2) is 10.1. The molecule has 1 aromatic carbocycles. The molecule has 0 aliphatic carbocycles. The normalized spacial score (nSPS) is 21.7. The number of amides is 2. The van der Waals surface area contributed by atoms with Gasteiger partial charge in [-0.3, -0.25) is 4.79 Å². The monoisotopic (exact) mass is 589 g/mol. The van der Waals surface area contributed by atoms with Gasteiger partial charge in [-0.25, -0.2) is 26.0 Å². The summed E-state index contributed by atoms with van der Waals surface area (Å²) in [6, 6.07) is 2.85. The Hall–Kier alpha value is -2.69. The van der Waals surface area contributed by atoms with E-state index in [-0.39, 0.29) is 27.5 Å². The smallest absolute Gasteiger partial charge is 0.408 e. The molecule has 38 heavy (non-hydrogen) atoms. The Labute approximate surface area is 226 Å². The predicted molar refractivity (Wildman–Crippen MR) is 138 cm³/mol. The van der Waals surface area contributed by atoms with Gasteiger partial charge in [0, 0.05) is 16.9 Å². The molecule has 2 heterocycles. The highest BCUT2D eigenvalue weighted by molar-refractivity contribution is 7.95. The molecule has 1 saturated heterocycles. The molecule has 0 radical (unpaired) electrons. The Balaban J connectivity index is 2.03. The van der Waals surface area contributed by atoms with E-state index >= 15 is 0 Å². The Morgan fingerprint density at radius 1 is 1.29 bits per heavy atom. The molecule has 2 aliphatic heterocycles. The minimum Gasteiger partial charge on any atom is -0.444 e. The molecule has 1 N–H and O–H groups in total. The van der Waals surface area contributed by atoms with Crippen molar-refractivity contribution in [3.63, 3.8) is 0 Å². The number of halogens is 2. The van der Waals surface area contributed by atoms with Gasteiger partial charge in [-0.05, 0) is 64.0 Å². The maximum absolute atomic E-state index is 14.1. The quantitative estimate of drug-likeness (QED) is 0.532. The Morgan fingerprint density at radius 2 is 1.92 bits per heavy atom. The number of fused-ring (bicyclic) bond motifs is 1. The van der Waals surface area contributed by atoms with Crippen molar-refractivity contribution in [1.29, 1.82) is 5.26 Å². The zero-order valence-corrected chi connectivity index (χ0v) is 23.9. The molecule has 10 nitrogen and oxygen atoms in total. The van der Waals surface area contributed by atoms with Crippen LogP contribution in [0.25, 0.3) is 5.57 Å². The molecule has 3 atom stereocenters. The Morgan fingerprint density at radius 3 is 2.50 bits per heavy atom. The van der Waals surface area contributed by atoms with Crippen molar-refractivity contribution in [3.05, 3.63) is 34.2 Å². The molecule has 14 heteroatoms. The summed E-state index contributed by atoms with van der Waals surface area (Å²) in [6.07, 6.45) is -2.85. The molecular formula is C24H29ClFN3O7S2. The molecule has 2 amide bonds. The number of ether oxygens (including phenoxy) is 1. The van der Waals surface area contributed by atoms with Crippen molar-refractivity contribution < 1.29 is 35.6 Å². The van der Waals surface area contributed by atoms with E-state index in [1.165, 1.54) is 32.0 Å². The summed E-state index contributed by atoms with van der Waals surface area (Å²) in [4.78, 5) is 27.0. The molecule has 1 aromatic rings. The van der Waals surface area contributed by atoms with Crippen molar-refractivity contribution in [3.8, 4) is 6.07 Å². The number of likely N-dealkylation sites (tertiary alicyclic amines) is 1. The summed E-state index contributed by atoms with van der Waals surface area (Å²) in [5, 5.41) is 12.8. The van der Waals surface area contributed by atoms with E-state index in [4.69, 9.17) is 16.3 Å². The van der Waals surface area contributed by atoms with Crippen LogP contribution in [0.5, 0.6) is 0 Å². The average Bonchev–Trinajstić information content (AvgIpc) is 3.25. The fraction of sp³-hybridized carbons (Fsp3) is 0.542. The van der Waals surface area contributed by atoms with Crippen molar-refractivity contribution in [2.24, 2.45) is 0 Å². The van der Waals surface area contributed by atoms with Gasteiger partial charge in [0.2, 0.25) is 15.7 Å². The van der Waals surface area contributed by atoms with E-state index < -0.39 is 72.6 Å². The zero-order chi connectivity index (χ0) is 28.8. The fourth-order valence-corrected chi connectivity index (χ4v) is 7.56. The number of nitriles is 1. The van der Waals surface area contributed by atoms with E-state index in [0.29, 0.717) is 0 Å². The lowest BCUT2D eigenvalue weighted by molar-refractivity contribution is -0.134. The third-order valence-electron chi connectivity index (χ3n) is 6.32. The standard InChI is InChI=1S/C24H29ClFN3O7S2/c1-23(2,3)36-22(31)28-20(21(30)29-11-16(26)9-17(29)10-27)24(4,5)38(34,35)13-14-12-37(32,33)19-7-6-15(25)8-18(14)19/h6-8,12,16-17,20H,9,11,13H2,1-5H3,(H,28,31)/t16-,17-,20+/m0/s1. The lowest BCUT2D eigenvalue weighted by atomic mass is 10.0. The van der Waals surface area contributed by atoms with Crippen LogP contribution in [0, 0.1) is 11.3 Å². The highest BCUT2D eigenvalue weighted by Gasteiger charge is 2.51. The molecule has 3 rings (SSSR count). The van der Waals surface area contributed by atoms with Gasteiger partial charge in [-0.2, -0.15) is 5.26 Å². The van der Waals surface area contributed by atoms with Crippen LogP contribution >= 0.6 is 11.6 Å². The molecule has 0 unspecified atom stereocenters. The molecule has 0 aromatic heterocycles. The number of hydrogen-bond donors (Lipinski definition) is 1. The molecule has 208 valence electrons. The molecule has 1 fully saturated rings. The minimum absolute atomic E-state index is 0.0565. The second-order valence-electron chi connectivity index (χ2n) is 10.7. The first-order valence-corrected chi connectivity index (χ1v) is 15.2. The Kier molecular flexibility index (Phi) is 7.96. The first-order valence-electron chi connectivity index (χ1n) is 11.6. The lowest BCUT2D eigenvalue weighted by Gasteiger charge is -2.36. The second-order valence-corrected chi connectivity index (χ2v) is 15.5. The number of carbonyl (C=O) groups excluding carboxylic acids is 2. The zero-order valence-electron chi connectivity index (χ0n) is 21.5. The lowest BCUT2D eigenvalue weighted by Crippen LogP contribution is -2.62. The maximum Gasteiger partial charge on any atom is 0.408 e. The molecule has 2 aliphatic rings. The van der Waals surface area contributed by atoms with Gasteiger partial charge < -0.3 is 15.0 Å². The number of rotatable bonds is 6. The summed E-state index contributed by atoms with van der Waals surface area (Å²) in [5.41, 5.74) is -0.928. The summed E-state index contributed by atoms with van der Waals surface area (Å²) < 4.78 is 70.0. The number of nitrogens with zero attached hydrogens (tertiary/aromatic N) is 2. The van der Waals surface area contributed by atoms with Crippen LogP contribution in [0.4, 0.5) is 9.18 Å². The van der Waals surface area contributed by atoms with Crippen LogP contribution < -0.4 is 5.32 Å². The Bertz CT molecular complexity index is 1440. The first kappa shape index (κ1) is 29.9. The number of sulfone groups is 2. The van der Waals surface area contributed by atoms with Gasteiger partial charge in [0.15, 0.2) is 9.84 Å². The first-order chi connectivity index (χ1) is 17.3. The number of nitrogens with one attached hydrogen (secondary N) is 1. The van der Waals surface area contributed by atoms with Gasteiger partial charge in [-0.15, -0.1) is 0 Å². The third kappa shape index (κ3) is 5.97. The van der Waals surface area contributed by atoms with Crippen molar-refractivity contribution in [2.45, 2.75) is 74.5 Å². The molecule has 0 saturated carbocycles. The summed E-state index contributed by atoms with van der Waals surface area (Å²) >= 11 is 6.02. The third-order valence-corrected chi connectivity index (χ3v) is 10.7. The molecular weight excluding hydrogens is 561 g/mol. The van der Waals surface area contributed by atoms with Gasteiger partial charge in [-0.1, -0.05) is 11.6 Å². The number of hydrogen-bond acceptors (Lipinski definition) is 8. The van der Waals surface area contributed by atoms with E-state index in [2.05, 4.69) is 5.32 Å². The summed E-state index contributed by atoms with van der Waals surface area (Å²) in [5.74, 6) is -1.78. The van der Waals surface area contributed by atoms with E-state index in [1.54, 1.807) is 20.8 Å². The topological polar surface area (TPSA) is 151 Å².